The average Bonchev–Trinajstić information content (AvgIpc) is 2.78. The lowest BCUT2D eigenvalue weighted by molar-refractivity contribution is 0.0600. The van der Waals surface area contributed by atoms with E-state index in [1.807, 2.05) is 0 Å². The number of ether oxygens (including phenoxy) is 1. The number of nitrogens with one attached hydrogen (secondary N) is 1. The summed E-state index contributed by atoms with van der Waals surface area (Å²) in [6.07, 6.45) is 2.39. The van der Waals surface area contributed by atoms with Crippen LogP contribution in [0.4, 0.5) is 0 Å². The van der Waals surface area contributed by atoms with Crippen LogP contribution < -0.4 is 0 Å². The van der Waals surface area contributed by atoms with Crippen molar-refractivity contribution in [3.8, 4) is 0 Å². The molecular weight excluding hydrogens is 270 g/mol. The molecule has 0 unspecified atom stereocenters. The number of imidazole rings is 1. The van der Waals surface area contributed by atoms with Gasteiger partial charge in [0, 0.05) is 18.3 Å². The topological polar surface area (TPSA) is 84.9 Å². The summed E-state index contributed by atoms with van der Waals surface area (Å²) in [6, 6.07) is 3.29. The Morgan fingerprint density at radius 2 is 2.32 bits per heavy atom. The number of aromatic amines is 1. The van der Waals surface area contributed by atoms with E-state index in [0.29, 0.717) is 29.8 Å². The van der Waals surface area contributed by atoms with Crippen molar-refractivity contribution >= 4 is 23.9 Å². The zero-order chi connectivity index (χ0) is 13.8. The molecule has 19 heavy (non-hydrogen) atoms. The first kappa shape index (κ1) is 13.2. The molecule has 0 spiro atoms. The molecule has 2 aromatic rings. The second-order valence-electron chi connectivity index (χ2n) is 3.71. The van der Waals surface area contributed by atoms with E-state index in [1.165, 1.54) is 13.3 Å². The number of aldehydes is 1. The van der Waals surface area contributed by atoms with E-state index in [4.69, 9.17) is 11.6 Å². The Balaban J connectivity index is 2.14. The predicted octanol–water partition coefficient (Wildman–Crippen LogP) is 1.65. The molecule has 2 rings (SSSR count). The first-order valence-corrected chi connectivity index (χ1v) is 5.74. The van der Waals surface area contributed by atoms with Gasteiger partial charge in [-0.1, -0.05) is 11.6 Å². The van der Waals surface area contributed by atoms with Gasteiger partial charge in [-0.05, 0) is 12.1 Å². The third-order valence-electron chi connectivity index (χ3n) is 2.44. The van der Waals surface area contributed by atoms with Gasteiger partial charge in [0.15, 0.2) is 6.29 Å². The monoisotopic (exact) mass is 279 g/mol. The summed E-state index contributed by atoms with van der Waals surface area (Å²) < 4.78 is 4.57. The zero-order valence-corrected chi connectivity index (χ0v) is 10.8. The van der Waals surface area contributed by atoms with Gasteiger partial charge in [-0.3, -0.25) is 9.78 Å². The highest BCUT2D eigenvalue weighted by molar-refractivity contribution is 6.31. The lowest BCUT2D eigenvalue weighted by atomic mass is 10.2. The van der Waals surface area contributed by atoms with E-state index in [1.54, 1.807) is 12.1 Å². The smallest absolute Gasteiger partial charge is 0.339 e. The van der Waals surface area contributed by atoms with Crippen LogP contribution in [0, 0.1) is 0 Å². The van der Waals surface area contributed by atoms with Crippen molar-refractivity contribution < 1.29 is 14.3 Å². The summed E-state index contributed by atoms with van der Waals surface area (Å²) in [4.78, 5) is 32.8. The number of hydrogen-bond acceptors (Lipinski definition) is 5. The molecule has 0 saturated heterocycles. The molecule has 0 aliphatic carbocycles. The molecule has 0 saturated carbocycles. The Labute approximate surface area is 113 Å². The van der Waals surface area contributed by atoms with E-state index in [2.05, 4.69) is 19.7 Å². The van der Waals surface area contributed by atoms with Crippen LogP contribution in [0.25, 0.3) is 0 Å². The molecule has 2 heterocycles. The van der Waals surface area contributed by atoms with Crippen molar-refractivity contribution in [2.24, 2.45) is 0 Å². The lowest BCUT2D eigenvalue weighted by Gasteiger charge is -2.00. The molecule has 0 atom stereocenters. The number of pyridine rings is 1. The van der Waals surface area contributed by atoms with Crippen LogP contribution >= 0.6 is 11.6 Å². The van der Waals surface area contributed by atoms with Crippen LogP contribution in [-0.2, 0) is 11.2 Å². The fourth-order valence-corrected chi connectivity index (χ4v) is 1.71. The van der Waals surface area contributed by atoms with Gasteiger partial charge >= 0.3 is 5.97 Å². The number of methoxy groups -OCH3 is 1. The summed E-state index contributed by atoms with van der Waals surface area (Å²) in [6.45, 7) is 0. The maximum atomic E-state index is 11.2. The normalized spacial score (nSPS) is 10.2. The number of esters is 1. The minimum Gasteiger partial charge on any atom is -0.465 e. The number of halogens is 1. The van der Waals surface area contributed by atoms with Gasteiger partial charge in [0.05, 0.1) is 12.7 Å². The number of carbonyl (C=O) groups is 2. The highest BCUT2D eigenvalue weighted by Gasteiger charge is 2.10. The third-order valence-corrected chi connectivity index (χ3v) is 2.73. The molecule has 98 valence electrons. The third kappa shape index (κ3) is 2.97. The summed E-state index contributed by atoms with van der Waals surface area (Å²) in [5.41, 5.74) is 1.23. The first-order valence-electron chi connectivity index (χ1n) is 5.37. The predicted molar refractivity (Wildman–Crippen MR) is 67.4 cm³/mol. The van der Waals surface area contributed by atoms with E-state index in [9.17, 15) is 9.59 Å². The molecule has 0 aliphatic rings. The molecule has 0 fully saturated rings. The van der Waals surface area contributed by atoms with Crippen molar-refractivity contribution in [1.82, 2.24) is 15.0 Å². The minimum atomic E-state index is -0.441. The molecular formula is C12H10ClN3O3. The average molecular weight is 280 g/mol. The number of rotatable bonds is 4. The Morgan fingerprint density at radius 1 is 1.53 bits per heavy atom. The van der Waals surface area contributed by atoms with Gasteiger partial charge in [0.1, 0.15) is 16.7 Å². The maximum absolute atomic E-state index is 11.2. The van der Waals surface area contributed by atoms with Gasteiger partial charge in [0.2, 0.25) is 0 Å². The van der Waals surface area contributed by atoms with Gasteiger partial charge in [-0.2, -0.15) is 0 Å². The Morgan fingerprint density at radius 3 is 2.84 bits per heavy atom. The zero-order valence-electron chi connectivity index (χ0n) is 10.0. The fourth-order valence-electron chi connectivity index (χ4n) is 1.51. The van der Waals surface area contributed by atoms with Crippen molar-refractivity contribution in [3.05, 3.63) is 46.3 Å². The number of nitrogens with zero attached hydrogens (tertiary/aromatic N) is 2. The van der Waals surface area contributed by atoms with Crippen LogP contribution in [0.5, 0.6) is 0 Å². The highest BCUT2D eigenvalue weighted by atomic mass is 35.5. The van der Waals surface area contributed by atoms with Crippen molar-refractivity contribution in [2.75, 3.05) is 7.11 Å². The minimum absolute atomic E-state index is 0.169. The molecule has 0 aromatic carbocycles. The molecule has 7 heteroatoms. The fraction of sp³-hybridized carbons (Fsp3) is 0.167. The summed E-state index contributed by atoms with van der Waals surface area (Å²) in [5, 5.41) is 0.205. The number of aromatic nitrogens is 3. The Kier molecular flexibility index (Phi) is 3.91. The molecule has 0 aliphatic heterocycles. The standard InChI is InChI=1S/C12H10ClN3O3/c1-19-12(18)7-2-3-8(14-5-7)4-10-15-9(6-17)11(13)16-10/h2-3,5-6H,4H2,1H3,(H,15,16). The largest absolute Gasteiger partial charge is 0.465 e. The second-order valence-corrected chi connectivity index (χ2v) is 4.09. The molecule has 2 aromatic heterocycles. The van der Waals surface area contributed by atoms with Crippen LogP contribution in [0.2, 0.25) is 5.15 Å². The van der Waals surface area contributed by atoms with Crippen LogP contribution in [-0.4, -0.2) is 34.3 Å². The van der Waals surface area contributed by atoms with Crippen molar-refractivity contribution in [1.29, 1.82) is 0 Å². The van der Waals surface area contributed by atoms with E-state index in [-0.39, 0.29) is 10.8 Å². The number of carbonyl (C=O) groups excluding carboxylic acids is 2. The molecule has 0 bridgehead atoms. The Hall–Kier alpha value is -2.21. The summed E-state index contributed by atoms with van der Waals surface area (Å²) in [5.74, 6) is 0.0914. The lowest BCUT2D eigenvalue weighted by Crippen LogP contribution is -2.03. The second kappa shape index (κ2) is 5.62. The van der Waals surface area contributed by atoms with Crippen LogP contribution in [0.3, 0.4) is 0 Å². The summed E-state index contributed by atoms with van der Waals surface area (Å²) in [7, 11) is 1.31. The molecule has 1 N–H and O–H groups in total. The van der Waals surface area contributed by atoms with Gasteiger partial charge in [-0.15, -0.1) is 0 Å². The molecule has 0 amide bonds. The molecule has 0 radical (unpaired) electrons. The van der Waals surface area contributed by atoms with E-state index < -0.39 is 5.97 Å². The van der Waals surface area contributed by atoms with E-state index in [0.717, 1.165) is 0 Å². The first-order chi connectivity index (χ1) is 9.13. The van der Waals surface area contributed by atoms with Gasteiger partial charge in [-0.25, -0.2) is 9.78 Å². The number of H-pyrrole nitrogens is 1. The van der Waals surface area contributed by atoms with Crippen molar-refractivity contribution in [3.63, 3.8) is 0 Å². The molecule has 6 nitrogen and oxygen atoms in total. The van der Waals surface area contributed by atoms with Crippen molar-refractivity contribution in [2.45, 2.75) is 6.42 Å². The van der Waals surface area contributed by atoms with E-state index >= 15 is 0 Å². The summed E-state index contributed by atoms with van der Waals surface area (Å²) >= 11 is 5.77. The quantitative estimate of drug-likeness (QED) is 0.679. The Bertz CT molecular complexity index is 607. The van der Waals surface area contributed by atoms with Gasteiger partial charge < -0.3 is 9.72 Å². The maximum Gasteiger partial charge on any atom is 0.339 e. The van der Waals surface area contributed by atoms with Crippen LogP contribution in [0.1, 0.15) is 32.4 Å². The van der Waals surface area contributed by atoms with Crippen LogP contribution in [0.15, 0.2) is 18.3 Å². The number of hydrogen-bond donors (Lipinski definition) is 1. The SMILES string of the molecule is COC(=O)c1ccc(Cc2nc(C=O)c(Cl)[nH]2)nc1. The highest BCUT2D eigenvalue weighted by Crippen LogP contribution is 2.13. The van der Waals surface area contributed by atoms with Gasteiger partial charge in [0.25, 0.3) is 0 Å².